The molecule has 1 N–H and O–H groups in total. The maximum Gasteiger partial charge on any atom is 0.328 e. The highest BCUT2D eigenvalue weighted by atomic mass is 19.1. The minimum atomic E-state index is -1.15. The van der Waals surface area contributed by atoms with Crippen molar-refractivity contribution < 1.29 is 19.1 Å². The maximum absolute atomic E-state index is 13.6. The Labute approximate surface area is 97.1 Å². The molecule has 1 aliphatic heterocycles. The summed E-state index contributed by atoms with van der Waals surface area (Å²) in [5.41, 5.74) is -0.00532. The topological polar surface area (TPSA) is 60.9 Å². The molecule has 0 spiro atoms. The zero-order valence-electron chi connectivity index (χ0n) is 9.13. The van der Waals surface area contributed by atoms with Crippen LogP contribution in [0.1, 0.15) is 0 Å². The van der Waals surface area contributed by atoms with Crippen LogP contribution < -0.4 is 4.90 Å². The molecule has 1 heterocycles. The molecule has 2 rings (SSSR count). The van der Waals surface area contributed by atoms with Gasteiger partial charge in [-0.2, -0.15) is 0 Å². The number of carbonyl (C=O) groups is 2. The first kappa shape index (κ1) is 11.4. The van der Waals surface area contributed by atoms with Gasteiger partial charge in [-0.25, -0.2) is 14.0 Å². The van der Waals surface area contributed by atoms with Crippen LogP contribution >= 0.6 is 0 Å². The van der Waals surface area contributed by atoms with Crippen LogP contribution in [0.15, 0.2) is 24.3 Å². The lowest BCUT2D eigenvalue weighted by Gasteiger charge is -2.20. The third kappa shape index (κ3) is 1.82. The lowest BCUT2D eigenvalue weighted by molar-refractivity contribution is -0.138. The molecule has 17 heavy (non-hydrogen) atoms. The van der Waals surface area contributed by atoms with Crippen LogP contribution in [0.2, 0.25) is 0 Å². The number of carbonyl (C=O) groups excluding carboxylic acids is 1. The van der Waals surface area contributed by atoms with Gasteiger partial charge in [0.05, 0.1) is 12.2 Å². The largest absolute Gasteiger partial charge is 0.480 e. The number of halogens is 1. The second-order valence-corrected chi connectivity index (χ2v) is 3.84. The predicted octanol–water partition coefficient (Wildman–Crippen LogP) is 1.15. The summed E-state index contributed by atoms with van der Waals surface area (Å²) in [6.07, 6.45) is 0. The number of carboxylic acid groups (broad SMARTS) is 1. The van der Waals surface area contributed by atoms with Crippen LogP contribution in [0.4, 0.5) is 14.9 Å². The Morgan fingerprint density at radius 3 is 2.71 bits per heavy atom. The summed E-state index contributed by atoms with van der Waals surface area (Å²) < 4.78 is 13.6. The van der Waals surface area contributed by atoms with Crippen molar-refractivity contribution in [2.24, 2.45) is 0 Å². The van der Waals surface area contributed by atoms with E-state index in [1.54, 1.807) is 6.07 Å². The lowest BCUT2D eigenvalue weighted by Crippen LogP contribution is -2.40. The Kier molecular flexibility index (Phi) is 2.71. The predicted molar refractivity (Wildman–Crippen MR) is 58.3 cm³/mol. The average molecular weight is 238 g/mol. The Morgan fingerprint density at radius 1 is 1.47 bits per heavy atom. The second-order valence-electron chi connectivity index (χ2n) is 3.84. The molecular formula is C11H11FN2O3. The molecular weight excluding hydrogens is 227 g/mol. The van der Waals surface area contributed by atoms with Crippen molar-refractivity contribution in [1.82, 2.24) is 4.90 Å². The van der Waals surface area contributed by atoms with Gasteiger partial charge >= 0.3 is 12.0 Å². The highest BCUT2D eigenvalue weighted by molar-refractivity contribution is 6.01. The van der Waals surface area contributed by atoms with Crippen molar-refractivity contribution in [3.63, 3.8) is 0 Å². The molecule has 2 amide bonds. The van der Waals surface area contributed by atoms with E-state index in [2.05, 4.69) is 0 Å². The van der Waals surface area contributed by atoms with E-state index >= 15 is 0 Å². The number of nitrogens with zero attached hydrogens (tertiary/aromatic N) is 2. The van der Waals surface area contributed by atoms with Crippen molar-refractivity contribution >= 4 is 17.7 Å². The molecule has 0 aromatic heterocycles. The molecule has 0 saturated carbocycles. The zero-order valence-corrected chi connectivity index (χ0v) is 9.13. The van der Waals surface area contributed by atoms with Gasteiger partial charge in [0.2, 0.25) is 0 Å². The Hall–Kier alpha value is -2.11. The van der Waals surface area contributed by atoms with Crippen LogP contribution in [-0.4, -0.2) is 41.6 Å². The first-order chi connectivity index (χ1) is 8.02. The molecule has 1 atom stereocenters. The summed E-state index contributed by atoms with van der Waals surface area (Å²) in [5, 5.41) is 9.03. The van der Waals surface area contributed by atoms with Crippen LogP contribution in [0.25, 0.3) is 0 Å². The SMILES string of the molecule is CN1CC(C(=O)O)N(c2ccccc2F)C1=O. The van der Waals surface area contributed by atoms with Gasteiger partial charge in [-0.1, -0.05) is 12.1 Å². The first-order valence-corrected chi connectivity index (χ1v) is 5.04. The zero-order chi connectivity index (χ0) is 12.6. The molecule has 1 saturated heterocycles. The number of aliphatic carboxylic acids is 1. The van der Waals surface area contributed by atoms with Gasteiger partial charge in [-0.15, -0.1) is 0 Å². The van der Waals surface area contributed by atoms with Crippen LogP contribution in [0.3, 0.4) is 0 Å². The summed E-state index contributed by atoms with van der Waals surface area (Å²) in [7, 11) is 1.49. The molecule has 0 bridgehead atoms. The van der Waals surface area contributed by atoms with Gasteiger partial charge in [-0.3, -0.25) is 4.90 Å². The van der Waals surface area contributed by atoms with Crippen molar-refractivity contribution in [3.8, 4) is 0 Å². The number of para-hydroxylation sites is 1. The van der Waals surface area contributed by atoms with Crippen molar-refractivity contribution in [1.29, 1.82) is 0 Å². The number of hydrogen-bond donors (Lipinski definition) is 1. The van der Waals surface area contributed by atoms with Crippen LogP contribution in [0.5, 0.6) is 0 Å². The normalized spacial score (nSPS) is 19.9. The van der Waals surface area contributed by atoms with Crippen molar-refractivity contribution in [2.45, 2.75) is 6.04 Å². The Bertz CT molecular complexity index is 478. The van der Waals surface area contributed by atoms with E-state index in [0.29, 0.717) is 0 Å². The molecule has 1 aromatic carbocycles. The molecule has 90 valence electrons. The average Bonchev–Trinajstić information content (AvgIpc) is 2.57. The number of hydrogen-bond acceptors (Lipinski definition) is 2. The van der Waals surface area contributed by atoms with E-state index in [9.17, 15) is 14.0 Å². The minimum absolute atomic E-state index is 0.00532. The Morgan fingerprint density at radius 2 is 2.12 bits per heavy atom. The highest BCUT2D eigenvalue weighted by Crippen LogP contribution is 2.26. The van der Waals surface area contributed by atoms with Crippen molar-refractivity contribution in [3.05, 3.63) is 30.1 Å². The summed E-state index contributed by atoms with van der Waals surface area (Å²) >= 11 is 0. The van der Waals surface area contributed by atoms with Crippen LogP contribution in [-0.2, 0) is 4.79 Å². The number of anilines is 1. The van der Waals surface area contributed by atoms with Gasteiger partial charge in [0.1, 0.15) is 5.82 Å². The monoisotopic (exact) mass is 238 g/mol. The number of urea groups is 1. The molecule has 1 unspecified atom stereocenters. The summed E-state index contributed by atoms with van der Waals surface area (Å²) in [4.78, 5) is 25.1. The van der Waals surface area contributed by atoms with E-state index in [4.69, 9.17) is 5.11 Å². The first-order valence-electron chi connectivity index (χ1n) is 5.04. The summed E-state index contributed by atoms with van der Waals surface area (Å²) in [5.74, 6) is -1.76. The lowest BCUT2D eigenvalue weighted by atomic mass is 10.2. The van der Waals surface area contributed by atoms with E-state index in [-0.39, 0.29) is 12.2 Å². The fourth-order valence-corrected chi connectivity index (χ4v) is 1.84. The Balaban J connectivity index is 2.45. The van der Waals surface area contributed by atoms with Crippen molar-refractivity contribution in [2.75, 3.05) is 18.5 Å². The van der Waals surface area contributed by atoms with Gasteiger partial charge in [-0.05, 0) is 12.1 Å². The maximum atomic E-state index is 13.6. The van der Waals surface area contributed by atoms with Gasteiger partial charge in [0, 0.05) is 7.05 Å². The number of amides is 2. The number of carboxylic acids is 1. The third-order valence-electron chi connectivity index (χ3n) is 2.69. The molecule has 1 fully saturated rings. The minimum Gasteiger partial charge on any atom is -0.480 e. The number of likely N-dealkylation sites (N-methyl/N-ethyl adjacent to an activating group) is 1. The van der Waals surface area contributed by atoms with Gasteiger partial charge < -0.3 is 10.0 Å². The fourth-order valence-electron chi connectivity index (χ4n) is 1.84. The van der Waals surface area contributed by atoms with Gasteiger partial charge in [0.25, 0.3) is 0 Å². The van der Waals surface area contributed by atoms with Gasteiger partial charge in [0.15, 0.2) is 6.04 Å². The molecule has 5 nitrogen and oxygen atoms in total. The summed E-state index contributed by atoms with van der Waals surface area (Å²) in [6.45, 7) is 0.0441. The second kappa shape index (κ2) is 4.04. The standard InChI is InChI=1S/C11H11FN2O3/c1-13-6-9(10(15)16)14(11(13)17)8-5-3-2-4-7(8)12/h2-5,9H,6H2,1H3,(H,15,16). The quantitative estimate of drug-likeness (QED) is 0.840. The third-order valence-corrected chi connectivity index (χ3v) is 2.69. The van der Waals surface area contributed by atoms with Crippen LogP contribution in [0, 0.1) is 5.82 Å². The smallest absolute Gasteiger partial charge is 0.328 e. The number of rotatable bonds is 2. The van der Waals surface area contributed by atoms with E-state index in [1.807, 2.05) is 0 Å². The molecule has 1 aromatic rings. The van der Waals surface area contributed by atoms with E-state index in [1.165, 1.54) is 30.1 Å². The molecule has 1 aliphatic rings. The summed E-state index contributed by atoms with van der Waals surface area (Å²) in [6, 6.07) is 4.07. The fraction of sp³-hybridized carbons (Fsp3) is 0.273. The van der Waals surface area contributed by atoms with E-state index < -0.39 is 23.9 Å². The number of benzene rings is 1. The highest BCUT2D eigenvalue weighted by Gasteiger charge is 2.41. The molecule has 0 aliphatic carbocycles. The molecule has 6 heteroatoms. The van der Waals surface area contributed by atoms with E-state index in [0.717, 1.165) is 4.90 Å². The molecule has 0 radical (unpaired) electrons.